The van der Waals surface area contributed by atoms with Gasteiger partial charge in [-0.25, -0.2) is 4.79 Å². The van der Waals surface area contributed by atoms with E-state index in [-0.39, 0.29) is 12.2 Å². The van der Waals surface area contributed by atoms with Gasteiger partial charge in [0.05, 0.1) is 12.1 Å². The van der Waals surface area contributed by atoms with Gasteiger partial charge in [-0.05, 0) is 25.0 Å². The number of aliphatic hydroxyl groups excluding tert-OH is 1. The number of rotatable bonds is 3. The molecule has 1 fully saturated rings. The van der Waals surface area contributed by atoms with Crippen LogP contribution in [0, 0.1) is 0 Å². The van der Waals surface area contributed by atoms with Crippen molar-refractivity contribution in [2.24, 2.45) is 0 Å². The molecule has 3 rings (SSSR count). The molecule has 0 bridgehead atoms. The zero-order chi connectivity index (χ0) is 14.9. The molecule has 21 heavy (non-hydrogen) atoms. The Morgan fingerprint density at radius 3 is 2.71 bits per heavy atom. The largest absolute Gasteiger partial charge is 0.422 e. The first-order chi connectivity index (χ1) is 10.1. The minimum Gasteiger partial charge on any atom is -0.422 e. The monoisotopic (exact) mass is 287 g/mol. The van der Waals surface area contributed by atoms with Gasteiger partial charge in [-0.3, -0.25) is 4.79 Å². The number of carbonyl (C=O) groups excluding carboxylic acids is 1. The second-order valence-electron chi connectivity index (χ2n) is 5.59. The summed E-state index contributed by atoms with van der Waals surface area (Å²) >= 11 is 0. The van der Waals surface area contributed by atoms with Crippen LogP contribution < -0.4 is 10.9 Å². The van der Waals surface area contributed by atoms with E-state index < -0.39 is 17.1 Å². The van der Waals surface area contributed by atoms with Crippen LogP contribution in [0.2, 0.25) is 0 Å². The second kappa shape index (κ2) is 5.33. The van der Waals surface area contributed by atoms with Crippen molar-refractivity contribution in [3.05, 3.63) is 46.3 Å². The quantitative estimate of drug-likeness (QED) is 0.844. The Hall–Kier alpha value is -2.14. The molecule has 0 spiro atoms. The fourth-order valence-electron chi connectivity index (χ4n) is 2.90. The number of nitrogens with one attached hydrogen (secondary N) is 1. The maximum Gasteiger partial charge on any atom is 0.349 e. The molecule has 1 aromatic heterocycles. The molecule has 1 aliphatic rings. The highest BCUT2D eigenvalue weighted by atomic mass is 16.4. The Morgan fingerprint density at radius 2 is 2.00 bits per heavy atom. The fraction of sp³-hybridized carbons (Fsp3) is 0.375. The van der Waals surface area contributed by atoms with Crippen molar-refractivity contribution < 1.29 is 14.3 Å². The number of amides is 1. The summed E-state index contributed by atoms with van der Waals surface area (Å²) in [5.74, 6) is -0.481. The number of hydrogen-bond donors (Lipinski definition) is 2. The predicted molar refractivity (Wildman–Crippen MR) is 78.2 cm³/mol. The normalized spacial score (nSPS) is 17.0. The van der Waals surface area contributed by atoms with Crippen molar-refractivity contribution >= 4 is 16.9 Å². The van der Waals surface area contributed by atoms with E-state index in [2.05, 4.69) is 5.32 Å². The van der Waals surface area contributed by atoms with E-state index in [1.54, 1.807) is 18.2 Å². The van der Waals surface area contributed by atoms with Crippen LogP contribution in [0.25, 0.3) is 11.0 Å². The molecule has 110 valence electrons. The fourth-order valence-corrected chi connectivity index (χ4v) is 2.90. The van der Waals surface area contributed by atoms with Crippen LogP contribution in [0.5, 0.6) is 0 Å². The molecule has 5 nitrogen and oxygen atoms in total. The van der Waals surface area contributed by atoms with Gasteiger partial charge in [0.25, 0.3) is 5.91 Å². The van der Waals surface area contributed by atoms with Crippen molar-refractivity contribution in [3.8, 4) is 0 Å². The lowest BCUT2D eigenvalue weighted by Gasteiger charge is -2.27. The molecular formula is C16H17NO4. The Morgan fingerprint density at radius 1 is 1.29 bits per heavy atom. The molecule has 0 saturated heterocycles. The van der Waals surface area contributed by atoms with Gasteiger partial charge < -0.3 is 14.8 Å². The molecule has 1 saturated carbocycles. The van der Waals surface area contributed by atoms with Gasteiger partial charge in [-0.1, -0.05) is 31.0 Å². The molecule has 0 radical (unpaired) electrons. The molecule has 0 aliphatic heterocycles. The first-order valence-corrected chi connectivity index (χ1v) is 7.10. The van der Waals surface area contributed by atoms with Crippen LogP contribution in [-0.2, 0) is 0 Å². The summed E-state index contributed by atoms with van der Waals surface area (Å²) in [6.07, 6.45) is 3.39. The molecule has 0 unspecified atom stereocenters. The summed E-state index contributed by atoms with van der Waals surface area (Å²) < 4.78 is 5.17. The van der Waals surface area contributed by atoms with Crippen molar-refractivity contribution in [2.75, 3.05) is 6.61 Å². The van der Waals surface area contributed by atoms with E-state index >= 15 is 0 Å². The van der Waals surface area contributed by atoms with Crippen LogP contribution >= 0.6 is 0 Å². The Balaban J connectivity index is 1.94. The third-order valence-electron chi connectivity index (χ3n) is 4.13. The summed E-state index contributed by atoms with van der Waals surface area (Å²) in [5, 5.41) is 13.1. The number of fused-ring (bicyclic) bond motifs is 1. The molecule has 2 N–H and O–H groups in total. The number of carbonyl (C=O) groups is 1. The lowest BCUT2D eigenvalue weighted by atomic mass is 9.98. The minimum absolute atomic E-state index is 0.0200. The second-order valence-corrected chi connectivity index (χ2v) is 5.59. The molecule has 5 heteroatoms. The van der Waals surface area contributed by atoms with E-state index in [1.807, 2.05) is 6.07 Å². The number of hydrogen-bond acceptors (Lipinski definition) is 4. The van der Waals surface area contributed by atoms with Gasteiger partial charge in [-0.2, -0.15) is 0 Å². The lowest BCUT2D eigenvalue weighted by Crippen LogP contribution is -2.50. The van der Waals surface area contributed by atoms with Crippen molar-refractivity contribution in [1.82, 2.24) is 5.32 Å². The van der Waals surface area contributed by atoms with Gasteiger partial charge >= 0.3 is 5.63 Å². The van der Waals surface area contributed by atoms with E-state index in [9.17, 15) is 14.7 Å². The molecule has 1 aliphatic carbocycles. The molecule has 0 atom stereocenters. The van der Waals surface area contributed by atoms with Gasteiger partial charge in [0.2, 0.25) is 0 Å². The highest BCUT2D eigenvalue weighted by Gasteiger charge is 2.35. The first-order valence-electron chi connectivity index (χ1n) is 7.10. The number of para-hydroxylation sites is 1. The smallest absolute Gasteiger partial charge is 0.349 e. The predicted octanol–water partition coefficient (Wildman–Crippen LogP) is 1.83. The van der Waals surface area contributed by atoms with Gasteiger partial charge in [-0.15, -0.1) is 0 Å². The zero-order valence-electron chi connectivity index (χ0n) is 11.6. The summed E-state index contributed by atoms with van der Waals surface area (Å²) in [7, 11) is 0. The van der Waals surface area contributed by atoms with E-state index in [1.165, 1.54) is 6.07 Å². The Kier molecular flexibility index (Phi) is 3.51. The summed E-state index contributed by atoms with van der Waals surface area (Å²) in [5.41, 5.74) is -0.822. The van der Waals surface area contributed by atoms with Crippen LogP contribution in [0.3, 0.4) is 0 Å². The van der Waals surface area contributed by atoms with Crippen LogP contribution in [-0.4, -0.2) is 23.2 Å². The average molecular weight is 287 g/mol. The van der Waals surface area contributed by atoms with Gasteiger partial charge in [0.1, 0.15) is 11.1 Å². The first kappa shape index (κ1) is 13.8. The molecular weight excluding hydrogens is 270 g/mol. The maximum atomic E-state index is 12.3. The lowest BCUT2D eigenvalue weighted by molar-refractivity contribution is 0.0835. The van der Waals surface area contributed by atoms with E-state index in [0.717, 1.165) is 25.7 Å². The van der Waals surface area contributed by atoms with Crippen LogP contribution in [0.1, 0.15) is 36.0 Å². The summed E-state index contributed by atoms with van der Waals surface area (Å²) in [4.78, 5) is 24.3. The van der Waals surface area contributed by atoms with Gasteiger partial charge in [0.15, 0.2) is 0 Å². The Bertz CT molecular complexity index is 728. The van der Waals surface area contributed by atoms with Crippen molar-refractivity contribution in [2.45, 2.75) is 31.2 Å². The highest BCUT2D eigenvalue weighted by Crippen LogP contribution is 2.29. The summed E-state index contributed by atoms with van der Waals surface area (Å²) in [6.45, 7) is -0.113. The minimum atomic E-state index is -0.655. The van der Waals surface area contributed by atoms with E-state index in [0.29, 0.717) is 11.0 Å². The van der Waals surface area contributed by atoms with Crippen molar-refractivity contribution in [1.29, 1.82) is 0 Å². The molecule has 1 amide bonds. The summed E-state index contributed by atoms with van der Waals surface area (Å²) in [6, 6.07) is 8.59. The van der Waals surface area contributed by atoms with Crippen LogP contribution in [0.15, 0.2) is 39.5 Å². The van der Waals surface area contributed by atoms with Crippen LogP contribution in [0.4, 0.5) is 0 Å². The van der Waals surface area contributed by atoms with Gasteiger partial charge in [0, 0.05) is 5.39 Å². The molecule has 1 heterocycles. The Labute approximate surface area is 121 Å². The molecule has 1 aromatic carbocycles. The van der Waals surface area contributed by atoms with Crippen molar-refractivity contribution in [3.63, 3.8) is 0 Å². The highest BCUT2D eigenvalue weighted by molar-refractivity contribution is 5.97. The number of benzene rings is 1. The zero-order valence-corrected chi connectivity index (χ0v) is 11.6. The topological polar surface area (TPSA) is 79.5 Å². The van der Waals surface area contributed by atoms with E-state index in [4.69, 9.17) is 4.42 Å². The third-order valence-corrected chi connectivity index (χ3v) is 4.13. The average Bonchev–Trinajstić information content (AvgIpc) is 2.95. The molecule has 2 aromatic rings. The number of aliphatic hydroxyl groups is 1. The maximum absolute atomic E-state index is 12.3. The standard InChI is InChI=1S/C16H17NO4/c18-10-16(7-3-4-8-16)17-14(19)12-9-11-5-1-2-6-13(11)21-15(12)20/h1-2,5-6,9,18H,3-4,7-8,10H2,(H,17,19). The SMILES string of the molecule is O=C(NC1(CO)CCCC1)c1cc2ccccc2oc1=O. The third kappa shape index (κ3) is 2.56.